The second-order valence-electron chi connectivity index (χ2n) is 7.27. The van der Waals surface area contributed by atoms with Gasteiger partial charge in [-0.3, -0.25) is 14.3 Å². The fraction of sp³-hybridized carbons (Fsp3) is 0.667. The summed E-state index contributed by atoms with van der Waals surface area (Å²) in [6.45, 7) is 10.1. The molecule has 0 aromatic carbocycles. The first-order chi connectivity index (χ1) is 12.8. The van der Waals surface area contributed by atoms with Gasteiger partial charge in [0.25, 0.3) is 0 Å². The van der Waals surface area contributed by atoms with Crippen LogP contribution in [0.1, 0.15) is 36.7 Å². The summed E-state index contributed by atoms with van der Waals surface area (Å²) in [5.74, 6) is 0. The van der Waals surface area contributed by atoms with Crippen molar-refractivity contribution >= 4 is 10.0 Å². The predicted octanol–water partition coefficient (Wildman–Crippen LogP) is 1.54. The minimum Gasteiger partial charge on any atom is -0.298 e. The van der Waals surface area contributed by atoms with Crippen molar-refractivity contribution < 1.29 is 8.42 Å². The summed E-state index contributed by atoms with van der Waals surface area (Å²) >= 11 is 0. The zero-order chi connectivity index (χ0) is 19.6. The van der Waals surface area contributed by atoms with E-state index in [9.17, 15) is 8.42 Å². The predicted molar refractivity (Wildman–Crippen MR) is 104 cm³/mol. The molecule has 1 aliphatic rings. The number of hydrogen-bond donors (Lipinski definition) is 0. The van der Waals surface area contributed by atoms with Gasteiger partial charge in [-0.05, 0) is 33.2 Å². The molecule has 3 heterocycles. The molecule has 0 atom stereocenters. The molecule has 0 bridgehead atoms. The van der Waals surface area contributed by atoms with Crippen LogP contribution >= 0.6 is 0 Å². The Morgan fingerprint density at radius 3 is 2.59 bits per heavy atom. The second kappa shape index (κ2) is 8.12. The molecule has 0 radical (unpaired) electrons. The van der Waals surface area contributed by atoms with Crippen LogP contribution in [0.25, 0.3) is 0 Å². The molecular formula is C18H30N6O2S. The van der Waals surface area contributed by atoms with Gasteiger partial charge in [-0.15, -0.1) is 0 Å². The zero-order valence-electron chi connectivity index (χ0n) is 16.7. The maximum absolute atomic E-state index is 13.2. The highest BCUT2D eigenvalue weighted by Crippen LogP contribution is 2.24. The summed E-state index contributed by atoms with van der Waals surface area (Å²) in [5.41, 5.74) is 2.44. The van der Waals surface area contributed by atoms with E-state index in [1.54, 1.807) is 23.0 Å². The third-order valence-electron chi connectivity index (χ3n) is 5.13. The number of aryl methyl sites for hydroxylation is 3. The monoisotopic (exact) mass is 394 g/mol. The van der Waals surface area contributed by atoms with Crippen LogP contribution in [0.5, 0.6) is 0 Å². The van der Waals surface area contributed by atoms with Gasteiger partial charge in [0.15, 0.2) is 0 Å². The molecule has 0 saturated carbocycles. The third-order valence-corrected chi connectivity index (χ3v) is 7.29. The maximum atomic E-state index is 13.2. The molecule has 27 heavy (non-hydrogen) atoms. The molecule has 9 heteroatoms. The van der Waals surface area contributed by atoms with Gasteiger partial charge in [0.05, 0.1) is 17.6 Å². The number of sulfonamides is 1. The highest BCUT2D eigenvalue weighted by molar-refractivity contribution is 7.89. The average molecular weight is 395 g/mol. The Labute approximate surface area is 161 Å². The molecule has 0 unspecified atom stereocenters. The molecule has 8 nitrogen and oxygen atoms in total. The molecule has 1 fully saturated rings. The van der Waals surface area contributed by atoms with Crippen molar-refractivity contribution in [3.05, 3.63) is 29.3 Å². The highest BCUT2D eigenvalue weighted by Gasteiger charge is 2.31. The zero-order valence-corrected chi connectivity index (χ0v) is 17.5. The van der Waals surface area contributed by atoms with Crippen LogP contribution in [0.4, 0.5) is 0 Å². The lowest BCUT2D eigenvalue weighted by Gasteiger charge is -2.21. The molecular weight excluding hydrogens is 364 g/mol. The van der Waals surface area contributed by atoms with Gasteiger partial charge >= 0.3 is 0 Å². The Hall–Kier alpha value is -1.71. The molecule has 150 valence electrons. The first-order valence-corrected chi connectivity index (χ1v) is 11.0. The first kappa shape index (κ1) is 20.0. The number of aromatic nitrogens is 4. The molecule has 3 rings (SSSR count). The van der Waals surface area contributed by atoms with Crippen molar-refractivity contribution in [2.75, 3.05) is 26.2 Å². The average Bonchev–Trinajstić information content (AvgIpc) is 3.03. The maximum Gasteiger partial charge on any atom is 0.246 e. The van der Waals surface area contributed by atoms with Gasteiger partial charge in [0.1, 0.15) is 4.90 Å². The number of nitrogens with zero attached hydrogens (tertiary/aromatic N) is 6. The van der Waals surface area contributed by atoms with Gasteiger partial charge in [-0.1, -0.05) is 6.92 Å². The van der Waals surface area contributed by atoms with Crippen LogP contribution in [-0.4, -0.2) is 63.4 Å². The van der Waals surface area contributed by atoms with Crippen molar-refractivity contribution in [3.63, 3.8) is 0 Å². The van der Waals surface area contributed by atoms with Crippen LogP contribution in [0.3, 0.4) is 0 Å². The summed E-state index contributed by atoms with van der Waals surface area (Å²) in [7, 11) is -1.74. The number of hydrogen-bond acceptors (Lipinski definition) is 5. The van der Waals surface area contributed by atoms with E-state index in [0.717, 1.165) is 39.0 Å². The van der Waals surface area contributed by atoms with Crippen LogP contribution in [0.15, 0.2) is 17.3 Å². The standard InChI is InChI=1S/C18H30N6O2S/c1-5-7-23-14-17(12-19-23)13-22-8-6-9-24(11-10-22)27(25,26)18-15(2)20-21(4)16(18)3/h12,14H,5-11,13H2,1-4H3. The molecule has 1 saturated heterocycles. The summed E-state index contributed by atoms with van der Waals surface area (Å²) in [6, 6.07) is 0. The molecule has 0 spiro atoms. The molecule has 0 aliphatic carbocycles. The minimum atomic E-state index is -3.52. The Morgan fingerprint density at radius 1 is 1.15 bits per heavy atom. The molecule has 1 aliphatic heterocycles. The lowest BCUT2D eigenvalue weighted by Crippen LogP contribution is -2.35. The fourth-order valence-corrected chi connectivity index (χ4v) is 5.57. The third kappa shape index (κ3) is 4.25. The van der Waals surface area contributed by atoms with E-state index >= 15 is 0 Å². The van der Waals surface area contributed by atoms with Gasteiger partial charge in [0, 0.05) is 51.5 Å². The van der Waals surface area contributed by atoms with E-state index in [4.69, 9.17) is 0 Å². The van der Waals surface area contributed by atoms with Crippen molar-refractivity contribution in [2.45, 2.75) is 51.6 Å². The number of rotatable bonds is 6. The Morgan fingerprint density at radius 2 is 1.93 bits per heavy atom. The van der Waals surface area contributed by atoms with Crippen molar-refractivity contribution in [3.8, 4) is 0 Å². The van der Waals surface area contributed by atoms with Crippen molar-refractivity contribution in [1.82, 2.24) is 28.8 Å². The first-order valence-electron chi connectivity index (χ1n) is 9.57. The van der Waals surface area contributed by atoms with Crippen LogP contribution < -0.4 is 0 Å². The summed E-state index contributed by atoms with van der Waals surface area (Å²) in [6.07, 6.45) is 5.88. The van der Waals surface area contributed by atoms with Gasteiger partial charge < -0.3 is 0 Å². The van der Waals surface area contributed by atoms with E-state index in [0.29, 0.717) is 29.4 Å². The normalized spacial score (nSPS) is 17.3. The molecule has 0 amide bonds. The summed E-state index contributed by atoms with van der Waals surface area (Å²) in [5, 5.41) is 8.66. The summed E-state index contributed by atoms with van der Waals surface area (Å²) in [4.78, 5) is 2.67. The molecule has 2 aromatic heterocycles. The SMILES string of the molecule is CCCn1cc(CN2CCCN(S(=O)(=O)c3c(C)nn(C)c3C)CC2)cn1. The lowest BCUT2D eigenvalue weighted by molar-refractivity contribution is 0.278. The highest BCUT2D eigenvalue weighted by atomic mass is 32.2. The van der Waals surface area contributed by atoms with E-state index in [2.05, 4.69) is 28.2 Å². The van der Waals surface area contributed by atoms with E-state index in [-0.39, 0.29) is 0 Å². The smallest absolute Gasteiger partial charge is 0.246 e. The Balaban J connectivity index is 1.68. The van der Waals surface area contributed by atoms with Crippen LogP contribution in [0.2, 0.25) is 0 Å². The Bertz CT molecular complexity index is 886. The fourth-order valence-electron chi connectivity index (χ4n) is 3.70. The summed E-state index contributed by atoms with van der Waals surface area (Å²) < 4.78 is 31.6. The van der Waals surface area contributed by atoms with Crippen molar-refractivity contribution in [2.24, 2.45) is 7.05 Å². The van der Waals surface area contributed by atoms with E-state index in [1.807, 2.05) is 17.8 Å². The van der Waals surface area contributed by atoms with E-state index < -0.39 is 10.0 Å². The van der Waals surface area contributed by atoms with Gasteiger partial charge in [-0.2, -0.15) is 14.5 Å². The van der Waals surface area contributed by atoms with Crippen LogP contribution in [-0.2, 0) is 30.2 Å². The topological polar surface area (TPSA) is 76.3 Å². The largest absolute Gasteiger partial charge is 0.298 e. The molecule has 2 aromatic rings. The lowest BCUT2D eigenvalue weighted by atomic mass is 10.3. The van der Waals surface area contributed by atoms with Crippen LogP contribution in [0, 0.1) is 13.8 Å². The van der Waals surface area contributed by atoms with Gasteiger partial charge in [0.2, 0.25) is 10.0 Å². The minimum absolute atomic E-state index is 0.360. The second-order valence-corrected chi connectivity index (χ2v) is 9.14. The quantitative estimate of drug-likeness (QED) is 0.743. The van der Waals surface area contributed by atoms with E-state index in [1.165, 1.54) is 5.56 Å². The van der Waals surface area contributed by atoms with Gasteiger partial charge in [-0.25, -0.2) is 8.42 Å². The Kier molecular flexibility index (Phi) is 6.02. The van der Waals surface area contributed by atoms with Crippen molar-refractivity contribution in [1.29, 1.82) is 0 Å². The molecule has 0 N–H and O–H groups in total.